The lowest BCUT2D eigenvalue weighted by Gasteiger charge is -2.37. The number of rotatable bonds is 8. The van der Waals surface area contributed by atoms with Gasteiger partial charge in [-0.3, -0.25) is 0 Å². The molecule has 0 heterocycles. The number of hydrogen-bond donors (Lipinski definition) is 2. The molecule has 0 aliphatic carbocycles. The van der Waals surface area contributed by atoms with Crippen LogP contribution in [0, 0.1) is 5.92 Å². The number of ether oxygens (including phenoxy) is 2. The summed E-state index contributed by atoms with van der Waals surface area (Å²) in [4.78, 5) is 26.0. The third-order valence-corrected chi connectivity index (χ3v) is 4.11. The number of amides is 2. The van der Waals surface area contributed by atoms with Crippen LogP contribution in [0.5, 0.6) is 0 Å². The molecule has 0 aliphatic rings. The number of carbonyl (C=O) groups is 2. The second-order valence-electron chi connectivity index (χ2n) is 8.50. The molecule has 0 aromatic heterocycles. The highest BCUT2D eigenvalue weighted by molar-refractivity contribution is 5.88. The van der Waals surface area contributed by atoms with Crippen LogP contribution in [0.3, 0.4) is 0 Å². The Balaban J connectivity index is 3.25. The monoisotopic (exact) mass is 430 g/mol. The lowest BCUT2D eigenvalue weighted by Crippen LogP contribution is -2.58. The van der Waals surface area contributed by atoms with E-state index in [9.17, 15) is 23.5 Å². The average molecular weight is 430 g/mol. The molecular weight excluding hydrogens is 398 g/mol. The maximum absolute atomic E-state index is 14.2. The highest BCUT2D eigenvalue weighted by atomic mass is 19.3. The van der Waals surface area contributed by atoms with Crippen LogP contribution in [0.4, 0.5) is 18.4 Å². The van der Waals surface area contributed by atoms with E-state index in [1.54, 1.807) is 65.0 Å². The molecule has 9 heteroatoms. The fourth-order valence-electron chi connectivity index (χ4n) is 2.71. The lowest BCUT2D eigenvalue weighted by atomic mass is 9.94. The molecule has 2 amide bonds. The number of hydrogen-bond acceptors (Lipinski definition) is 6. The van der Waals surface area contributed by atoms with E-state index in [0.717, 1.165) is 0 Å². The van der Waals surface area contributed by atoms with Crippen molar-refractivity contribution in [2.45, 2.75) is 71.3 Å². The van der Waals surface area contributed by atoms with Crippen molar-refractivity contribution in [1.82, 2.24) is 4.90 Å². The SMILES string of the molecule is CC(C)CC(C(O)C(F)(F)CN)N(C(=O)OCc1ccccc1)C(=O)OC(C)(C)C. The molecule has 0 bridgehead atoms. The number of aliphatic hydroxyl groups excluding tert-OH is 1. The van der Waals surface area contributed by atoms with Crippen molar-refractivity contribution in [2.24, 2.45) is 11.7 Å². The summed E-state index contributed by atoms with van der Waals surface area (Å²) in [6, 6.07) is 7.07. The minimum Gasteiger partial charge on any atom is -0.444 e. The Morgan fingerprint density at radius 3 is 2.17 bits per heavy atom. The second kappa shape index (κ2) is 10.7. The number of carbonyl (C=O) groups excluding carboxylic acids is 2. The molecule has 2 unspecified atom stereocenters. The first-order valence-corrected chi connectivity index (χ1v) is 9.77. The lowest BCUT2D eigenvalue weighted by molar-refractivity contribution is -0.131. The van der Waals surface area contributed by atoms with Gasteiger partial charge in [-0.25, -0.2) is 23.3 Å². The molecule has 2 atom stereocenters. The first-order valence-electron chi connectivity index (χ1n) is 9.77. The number of aliphatic hydroxyl groups is 1. The van der Waals surface area contributed by atoms with Gasteiger partial charge in [0.05, 0.1) is 12.6 Å². The van der Waals surface area contributed by atoms with Crippen molar-refractivity contribution >= 4 is 12.2 Å². The smallest absolute Gasteiger partial charge is 0.420 e. The van der Waals surface area contributed by atoms with Crippen molar-refractivity contribution < 1.29 is 33.0 Å². The predicted molar refractivity (Wildman–Crippen MR) is 108 cm³/mol. The highest BCUT2D eigenvalue weighted by Crippen LogP contribution is 2.28. The van der Waals surface area contributed by atoms with Crippen LogP contribution >= 0.6 is 0 Å². The molecule has 0 radical (unpaired) electrons. The van der Waals surface area contributed by atoms with Gasteiger partial charge in [0.15, 0.2) is 0 Å². The maximum atomic E-state index is 14.2. The minimum atomic E-state index is -3.72. The number of nitrogens with two attached hydrogens (primary N) is 1. The second-order valence-corrected chi connectivity index (χ2v) is 8.50. The van der Waals surface area contributed by atoms with Crippen molar-refractivity contribution in [1.29, 1.82) is 0 Å². The van der Waals surface area contributed by atoms with Crippen LogP contribution in [-0.4, -0.2) is 52.4 Å². The standard InChI is InChI=1S/C21H32F2N2O5/c1-14(2)11-16(17(26)21(22,23)13-24)25(19(28)30-20(3,4)5)18(27)29-12-15-9-7-6-8-10-15/h6-10,14,16-17,26H,11-13,24H2,1-5H3. The zero-order valence-corrected chi connectivity index (χ0v) is 18.1. The molecule has 170 valence electrons. The van der Waals surface area contributed by atoms with E-state index in [-0.39, 0.29) is 18.9 Å². The molecule has 7 nitrogen and oxygen atoms in total. The number of alkyl halides is 2. The Labute approximate surface area is 176 Å². The van der Waals surface area contributed by atoms with Gasteiger partial charge in [0.2, 0.25) is 0 Å². The van der Waals surface area contributed by atoms with Gasteiger partial charge in [0.1, 0.15) is 18.3 Å². The topological polar surface area (TPSA) is 102 Å². The van der Waals surface area contributed by atoms with Gasteiger partial charge in [-0.05, 0) is 38.7 Å². The van der Waals surface area contributed by atoms with Gasteiger partial charge in [-0.2, -0.15) is 0 Å². The molecule has 1 rings (SSSR count). The van der Waals surface area contributed by atoms with Crippen LogP contribution in [0.25, 0.3) is 0 Å². The maximum Gasteiger partial charge on any atom is 0.420 e. The van der Waals surface area contributed by atoms with Crippen molar-refractivity contribution in [2.75, 3.05) is 6.54 Å². The third kappa shape index (κ3) is 7.87. The van der Waals surface area contributed by atoms with Crippen LogP contribution in [0.2, 0.25) is 0 Å². The molecule has 3 N–H and O–H groups in total. The van der Waals surface area contributed by atoms with Crippen LogP contribution in [-0.2, 0) is 16.1 Å². The Bertz CT molecular complexity index is 692. The molecule has 0 spiro atoms. The van der Waals surface area contributed by atoms with Gasteiger partial charge >= 0.3 is 12.2 Å². The van der Waals surface area contributed by atoms with Gasteiger partial charge in [0.25, 0.3) is 5.92 Å². The first kappa shape index (κ1) is 25.8. The fourth-order valence-corrected chi connectivity index (χ4v) is 2.71. The summed E-state index contributed by atoms with van der Waals surface area (Å²) in [6.07, 6.45) is -4.86. The largest absolute Gasteiger partial charge is 0.444 e. The molecule has 1 aromatic rings. The van der Waals surface area contributed by atoms with Crippen molar-refractivity contribution in [3.63, 3.8) is 0 Å². The van der Waals surface area contributed by atoms with E-state index in [0.29, 0.717) is 10.5 Å². The predicted octanol–water partition coefficient (Wildman–Crippen LogP) is 3.93. The Hall–Kier alpha value is -2.26. The number of benzene rings is 1. The van der Waals surface area contributed by atoms with E-state index in [2.05, 4.69) is 0 Å². The molecule has 0 saturated carbocycles. The summed E-state index contributed by atoms with van der Waals surface area (Å²) in [6.45, 7) is 6.80. The number of nitrogens with zero attached hydrogens (tertiary/aromatic N) is 1. The average Bonchev–Trinajstić information content (AvgIpc) is 2.64. The van der Waals surface area contributed by atoms with Crippen LogP contribution in [0.1, 0.15) is 46.6 Å². The van der Waals surface area contributed by atoms with E-state index in [1.807, 2.05) is 0 Å². The van der Waals surface area contributed by atoms with Gasteiger partial charge < -0.3 is 20.3 Å². The summed E-state index contributed by atoms with van der Waals surface area (Å²) in [7, 11) is 0. The Morgan fingerprint density at radius 1 is 1.13 bits per heavy atom. The van der Waals surface area contributed by atoms with Crippen molar-refractivity contribution in [3.05, 3.63) is 35.9 Å². The van der Waals surface area contributed by atoms with Crippen molar-refractivity contribution in [3.8, 4) is 0 Å². The highest BCUT2D eigenvalue weighted by Gasteiger charge is 2.48. The molecule has 0 aliphatic heterocycles. The minimum absolute atomic E-state index is 0.101. The molecule has 1 aromatic carbocycles. The number of imide groups is 1. The third-order valence-electron chi connectivity index (χ3n) is 4.11. The quantitative estimate of drug-likeness (QED) is 0.648. The van der Waals surface area contributed by atoms with Gasteiger partial charge in [-0.15, -0.1) is 0 Å². The molecular formula is C21H32F2N2O5. The van der Waals surface area contributed by atoms with E-state index < -0.39 is 42.4 Å². The zero-order valence-electron chi connectivity index (χ0n) is 18.1. The molecule has 0 fully saturated rings. The Kier molecular flexibility index (Phi) is 9.17. The first-order chi connectivity index (χ1) is 13.8. The summed E-state index contributed by atoms with van der Waals surface area (Å²) < 4.78 is 38.8. The van der Waals surface area contributed by atoms with E-state index in [1.165, 1.54) is 0 Å². The Morgan fingerprint density at radius 2 is 1.70 bits per heavy atom. The summed E-state index contributed by atoms with van der Waals surface area (Å²) >= 11 is 0. The van der Waals surface area contributed by atoms with Gasteiger partial charge in [-0.1, -0.05) is 44.2 Å². The van der Waals surface area contributed by atoms with Crippen LogP contribution in [0.15, 0.2) is 30.3 Å². The van der Waals surface area contributed by atoms with E-state index in [4.69, 9.17) is 15.2 Å². The van der Waals surface area contributed by atoms with E-state index >= 15 is 0 Å². The number of halogens is 2. The summed E-state index contributed by atoms with van der Waals surface area (Å²) in [5.74, 6) is -3.95. The summed E-state index contributed by atoms with van der Waals surface area (Å²) in [5, 5.41) is 10.4. The molecule has 0 saturated heterocycles. The fraction of sp³-hybridized carbons (Fsp3) is 0.619. The summed E-state index contributed by atoms with van der Waals surface area (Å²) in [5.41, 5.74) is 4.74. The van der Waals surface area contributed by atoms with Crippen LogP contribution < -0.4 is 5.73 Å². The zero-order chi connectivity index (χ0) is 23.1. The van der Waals surface area contributed by atoms with Gasteiger partial charge in [0, 0.05) is 0 Å². The molecule has 30 heavy (non-hydrogen) atoms. The normalized spacial score (nSPS) is 14.2.